The Kier molecular flexibility index (Phi) is 7.27. The van der Waals surface area contributed by atoms with Crippen molar-refractivity contribution in [1.29, 1.82) is 0 Å². The SMILES string of the molecule is C=C(C)C(=O)O[C@H](CC)C(=O)OC(CS(=O)(=O)O)(C(F)(F)F)C(F)(F)F. The molecule has 0 aliphatic heterocycles. The summed E-state index contributed by atoms with van der Waals surface area (Å²) < 4.78 is 116. The molecular weight excluding hydrogens is 402 g/mol. The third-order valence-corrected chi connectivity index (χ3v) is 3.58. The summed E-state index contributed by atoms with van der Waals surface area (Å²) in [7, 11) is -5.90. The molecule has 0 aromatic carbocycles. The van der Waals surface area contributed by atoms with Gasteiger partial charge in [0.1, 0.15) is 5.75 Å². The van der Waals surface area contributed by atoms with Crippen LogP contribution in [0.3, 0.4) is 0 Å². The fraction of sp³-hybridized carbons (Fsp3) is 0.667. The van der Waals surface area contributed by atoms with Crippen LogP contribution in [0.25, 0.3) is 0 Å². The number of halogens is 6. The van der Waals surface area contributed by atoms with Gasteiger partial charge in [0.2, 0.25) is 0 Å². The van der Waals surface area contributed by atoms with E-state index in [9.17, 15) is 44.3 Å². The average molecular weight is 416 g/mol. The van der Waals surface area contributed by atoms with Gasteiger partial charge in [-0.1, -0.05) is 13.5 Å². The van der Waals surface area contributed by atoms with Crippen LogP contribution < -0.4 is 0 Å². The van der Waals surface area contributed by atoms with Gasteiger partial charge >= 0.3 is 29.9 Å². The van der Waals surface area contributed by atoms with Crippen LogP contribution in [0.1, 0.15) is 20.3 Å². The first-order chi connectivity index (χ1) is 11.4. The number of hydrogen-bond donors (Lipinski definition) is 1. The molecule has 0 amide bonds. The van der Waals surface area contributed by atoms with Crippen LogP contribution in [0.2, 0.25) is 0 Å². The zero-order valence-corrected chi connectivity index (χ0v) is 14.1. The Morgan fingerprint density at radius 1 is 1.12 bits per heavy atom. The number of hydrogen-bond acceptors (Lipinski definition) is 6. The van der Waals surface area contributed by atoms with Crippen molar-refractivity contribution in [3.8, 4) is 0 Å². The van der Waals surface area contributed by atoms with E-state index in [-0.39, 0.29) is 5.57 Å². The third kappa shape index (κ3) is 5.86. The van der Waals surface area contributed by atoms with Crippen LogP contribution in [-0.2, 0) is 29.2 Å². The monoisotopic (exact) mass is 416 g/mol. The lowest BCUT2D eigenvalue weighted by molar-refractivity contribution is -0.362. The van der Waals surface area contributed by atoms with E-state index in [0.717, 1.165) is 13.8 Å². The summed E-state index contributed by atoms with van der Waals surface area (Å²) in [6.07, 6.45) is -15.7. The topological polar surface area (TPSA) is 107 Å². The highest BCUT2D eigenvalue weighted by atomic mass is 32.2. The molecule has 0 fully saturated rings. The molecule has 0 heterocycles. The van der Waals surface area contributed by atoms with Gasteiger partial charge in [0.05, 0.1) is 0 Å². The molecular formula is C12H14F6O7S. The van der Waals surface area contributed by atoms with Crippen molar-refractivity contribution < 1.29 is 58.4 Å². The molecule has 26 heavy (non-hydrogen) atoms. The van der Waals surface area contributed by atoms with Crippen LogP contribution in [0, 0.1) is 0 Å². The van der Waals surface area contributed by atoms with Crippen LogP contribution in [0.4, 0.5) is 26.3 Å². The summed E-state index contributed by atoms with van der Waals surface area (Å²) in [6, 6.07) is 0. The molecule has 0 aromatic heterocycles. The predicted molar refractivity (Wildman–Crippen MR) is 72.3 cm³/mol. The maximum Gasteiger partial charge on any atom is 0.438 e. The maximum atomic E-state index is 13.0. The van der Waals surface area contributed by atoms with E-state index in [1.807, 2.05) is 0 Å². The minimum absolute atomic E-state index is 0.313. The van der Waals surface area contributed by atoms with Gasteiger partial charge in [-0.2, -0.15) is 34.8 Å². The standard InChI is InChI=1S/C12H14F6O7S/c1-4-7(24-8(19)6(2)3)9(20)25-10(11(13,14)15,12(16,17)18)5-26(21,22)23/h7H,2,4-5H2,1,3H3,(H,21,22,23)/t7-/m1/s1. The van der Waals surface area contributed by atoms with E-state index < -0.39 is 58.3 Å². The molecule has 152 valence electrons. The second-order valence-electron chi connectivity index (χ2n) is 5.05. The summed E-state index contributed by atoms with van der Waals surface area (Å²) in [6.45, 7) is 5.27. The molecule has 1 N–H and O–H groups in total. The molecule has 0 rings (SSSR count). The highest BCUT2D eigenvalue weighted by Crippen LogP contribution is 2.47. The third-order valence-electron chi connectivity index (χ3n) is 2.81. The molecule has 0 unspecified atom stereocenters. The highest BCUT2D eigenvalue weighted by Gasteiger charge is 2.76. The highest BCUT2D eigenvalue weighted by molar-refractivity contribution is 7.85. The van der Waals surface area contributed by atoms with E-state index in [2.05, 4.69) is 16.1 Å². The number of carbonyl (C=O) groups excluding carboxylic acids is 2. The Hall–Kier alpha value is -1.83. The van der Waals surface area contributed by atoms with Crippen molar-refractivity contribution >= 4 is 22.1 Å². The first-order valence-electron chi connectivity index (χ1n) is 6.56. The van der Waals surface area contributed by atoms with Gasteiger partial charge in [-0.05, 0) is 13.3 Å². The fourth-order valence-electron chi connectivity index (χ4n) is 1.49. The summed E-state index contributed by atoms with van der Waals surface area (Å²) >= 11 is 0. The van der Waals surface area contributed by atoms with Gasteiger partial charge in [0.15, 0.2) is 6.10 Å². The maximum absolute atomic E-state index is 13.0. The molecule has 0 radical (unpaired) electrons. The lowest BCUT2D eigenvalue weighted by Gasteiger charge is -2.36. The molecule has 0 saturated heterocycles. The van der Waals surface area contributed by atoms with Gasteiger partial charge in [-0.15, -0.1) is 0 Å². The molecule has 7 nitrogen and oxygen atoms in total. The van der Waals surface area contributed by atoms with Crippen molar-refractivity contribution in [3.63, 3.8) is 0 Å². The van der Waals surface area contributed by atoms with E-state index in [1.54, 1.807) is 0 Å². The van der Waals surface area contributed by atoms with Crippen molar-refractivity contribution in [3.05, 3.63) is 12.2 Å². The average Bonchev–Trinajstić information content (AvgIpc) is 2.39. The lowest BCUT2D eigenvalue weighted by Crippen LogP contribution is -2.64. The quantitative estimate of drug-likeness (QED) is 0.293. The summed E-state index contributed by atoms with van der Waals surface area (Å²) in [5.41, 5.74) is -5.87. The van der Waals surface area contributed by atoms with Crippen molar-refractivity contribution in [2.75, 3.05) is 5.75 Å². The number of ether oxygens (including phenoxy) is 2. The predicted octanol–water partition coefficient (Wildman–Crippen LogP) is 2.18. The molecule has 0 aliphatic rings. The largest absolute Gasteiger partial charge is 0.447 e. The first-order valence-corrected chi connectivity index (χ1v) is 8.17. The van der Waals surface area contributed by atoms with Crippen LogP contribution in [0.5, 0.6) is 0 Å². The zero-order valence-electron chi connectivity index (χ0n) is 13.3. The van der Waals surface area contributed by atoms with E-state index in [1.165, 1.54) is 0 Å². The smallest absolute Gasteiger partial charge is 0.438 e. The number of rotatable bonds is 7. The summed E-state index contributed by atoms with van der Waals surface area (Å²) in [4.78, 5) is 23.0. The second kappa shape index (κ2) is 7.82. The van der Waals surface area contributed by atoms with Gasteiger partial charge < -0.3 is 9.47 Å². The van der Waals surface area contributed by atoms with Gasteiger partial charge in [0, 0.05) is 5.57 Å². The van der Waals surface area contributed by atoms with Crippen molar-refractivity contribution in [1.82, 2.24) is 0 Å². The second-order valence-corrected chi connectivity index (χ2v) is 6.50. The van der Waals surface area contributed by atoms with Gasteiger partial charge in [0.25, 0.3) is 10.1 Å². The molecule has 0 aliphatic carbocycles. The molecule has 0 bridgehead atoms. The Morgan fingerprint density at radius 2 is 1.54 bits per heavy atom. The summed E-state index contributed by atoms with van der Waals surface area (Å²) in [5, 5.41) is 0. The first kappa shape index (κ1) is 24.2. The van der Waals surface area contributed by atoms with E-state index in [4.69, 9.17) is 4.55 Å². The molecule has 0 spiro atoms. The zero-order chi connectivity index (χ0) is 21.1. The number of alkyl halides is 6. The van der Waals surface area contributed by atoms with Crippen molar-refractivity contribution in [2.45, 2.75) is 44.3 Å². The van der Waals surface area contributed by atoms with Gasteiger partial charge in [-0.3, -0.25) is 4.55 Å². The van der Waals surface area contributed by atoms with Gasteiger partial charge in [-0.25, -0.2) is 9.59 Å². The Morgan fingerprint density at radius 3 is 1.81 bits per heavy atom. The number of carbonyl (C=O) groups is 2. The van der Waals surface area contributed by atoms with Crippen LogP contribution in [-0.4, -0.2) is 54.7 Å². The Bertz CT molecular complexity index is 651. The number of esters is 2. The minimum Gasteiger partial charge on any atom is -0.447 e. The minimum atomic E-state index is -6.46. The molecule has 14 heteroatoms. The molecule has 1 atom stereocenters. The summed E-state index contributed by atoms with van der Waals surface area (Å²) in [5.74, 6) is -6.63. The van der Waals surface area contributed by atoms with Crippen LogP contribution in [0.15, 0.2) is 12.2 Å². The molecule has 0 saturated carbocycles. The van der Waals surface area contributed by atoms with E-state index in [0.29, 0.717) is 0 Å². The fourth-order valence-corrected chi connectivity index (χ4v) is 2.39. The lowest BCUT2D eigenvalue weighted by atomic mass is 10.1. The van der Waals surface area contributed by atoms with Crippen molar-refractivity contribution in [2.24, 2.45) is 0 Å². The normalized spacial score (nSPS) is 14.5. The Labute approximate surface area is 143 Å². The Balaban J connectivity index is 6.05. The van der Waals surface area contributed by atoms with Crippen LogP contribution >= 0.6 is 0 Å². The molecule has 0 aromatic rings. The van der Waals surface area contributed by atoms with E-state index >= 15 is 0 Å².